The number of ether oxygens (including phenoxy) is 1. The largest absolute Gasteiger partial charge is 0.360 e. The fourth-order valence-electron chi connectivity index (χ4n) is 2.55. The number of thiophene rings is 2. The van der Waals surface area contributed by atoms with Crippen molar-refractivity contribution in [2.45, 2.75) is 23.4 Å². The molecular formula is C16H19N3O5S3. The smallest absolute Gasteiger partial charge is 0.309 e. The molecule has 0 spiro atoms. The van der Waals surface area contributed by atoms with Crippen molar-refractivity contribution in [1.82, 2.24) is 14.9 Å². The molecule has 11 heteroatoms. The van der Waals surface area contributed by atoms with Crippen molar-refractivity contribution in [3.8, 4) is 0 Å². The molecular weight excluding hydrogens is 410 g/mol. The third-order valence-corrected chi connectivity index (χ3v) is 8.00. The van der Waals surface area contributed by atoms with Crippen LogP contribution in [0, 0.1) is 0 Å². The Balaban J connectivity index is 1.56. The van der Waals surface area contributed by atoms with E-state index in [4.69, 9.17) is 4.74 Å². The van der Waals surface area contributed by atoms with Gasteiger partial charge in [-0.05, 0) is 29.3 Å². The lowest BCUT2D eigenvalue weighted by Crippen LogP contribution is -2.52. The molecule has 0 saturated carbocycles. The van der Waals surface area contributed by atoms with E-state index in [2.05, 4.69) is 10.6 Å². The van der Waals surface area contributed by atoms with E-state index in [9.17, 15) is 18.0 Å². The Morgan fingerprint density at radius 1 is 1.15 bits per heavy atom. The molecule has 0 aromatic carbocycles. The van der Waals surface area contributed by atoms with Crippen molar-refractivity contribution in [3.05, 3.63) is 39.9 Å². The highest BCUT2D eigenvalue weighted by Crippen LogP contribution is 2.25. The minimum Gasteiger partial charge on any atom is -0.360 e. The summed E-state index contributed by atoms with van der Waals surface area (Å²) in [6, 6.07) is 6.90. The topological polar surface area (TPSA) is 105 Å². The Labute approximate surface area is 165 Å². The number of hydrogen-bond donors (Lipinski definition) is 2. The molecule has 0 radical (unpaired) electrons. The second kappa shape index (κ2) is 8.93. The van der Waals surface area contributed by atoms with Crippen molar-refractivity contribution in [1.29, 1.82) is 0 Å². The summed E-state index contributed by atoms with van der Waals surface area (Å²) in [5, 5.41) is 8.55. The Morgan fingerprint density at radius 2 is 1.89 bits per heavy atom. The van der Waals surface area contributed by atoms with Gasteiger partial charge in [-0.25, -0.2) is 8.42 Å². The number of nitrogens with zero attached hydrogens (tertiary/aromatic N) is 1. The van der Waals surface area contributed by atoms with E-state index in [0.717, 1.165) is 16.2 Å². The van der Waals surface area contributed by atoms with E-state index >= 15 is 0 Å². The fourth-order valence-corrected chi connectivity index (χ4v) is 5.88. The van der Waals surface area contributed by atoms with Gasteiger partial charge in [0, 0.05) is 11.4 Å². The van der Waals surface area contributed by atoms with Crippen LogP contribution in [0.3, 0.4) is 0 Å². The van der Waals surface area contributed by atoms with E-state index in [1.54, 1.807) is 11.4 Å². The van der Waals surface area contributed by atoms with Crippen LogP contribution in [0.5, 0.6) is 0 Å². The lowest BCUT2D eigenvalue weighted by atomic mass is 10.3. The molecule has 1 aliphatic heterocycles. The van der Waals surface area contributed by atoms with Gasteiger partial charge in [0.1, 0.15) is 10.4 Å². The van der Waals surface area contributed by atoms with Crippen LogP contribution in [0.25, 0.3) is 0 Å². The quantitative estimate of drug-likeness (QED) is 0.666. The van der Waals surface area contributed by atoms with Gasteiger partial charge in [-0.1, -0.05) is 12.1 Å². The minimum atomic E-state index is -3.70. The summed E-state index contributed by atoms with van der Waals surface area (Å²) in [6.07, 6.45) is -0.281. The van der Waals surface area contributed by atoms with Gasteiger partial charge >= 0.3 is 11.8 Å². The molecule has 1 saturated heterocycles. The number of hydrogen-bond acceptors (Lipinski definition) is 7. The molecule has 3 rings (SSSR count). The monoisotopic (exact) mass is 429 g/mol. The summed E-state index contributed by atoms with van der Waals surface area (Å²) in [5.41, 5.74) is 0. The van der Waals surface area contributed by atoms with Crippen LogP contribution in [-0.2, 0) is 30.9 Å². The highest BCUT2D eigenvalue weighted by Gasteiger charge is 2.35. The van der Waals surface area contributed by atoms with Gasteiger partial charge in [0.25, 0.3) is 10.0 Å². The molecule has 0 bridgehead atoms. The first-order valence-corrected chi connectivity index (χ1v) is 11.4. The zero-order valence-corrected chi connectivity index (χ0v) is 16.7. The SMILES string of the molecule is O=C(NCc1cccs1)C(=O)NC[C@@H]1OCCCN1S(=O)(=O)c1cccs1. The van der Waals surface area contributed by atoms with E-state index in [1.807, 2.05) is 17.5 Å². The molecule has 2 amide bonds. The van der Waals surface area contributed by atoms with Crippen LogP contribution in [0.15, 0.2) is 39.2 Å². The van der Waals surface area contributed by atoms with Crippen LogP contribution >= 0.6 is 22.7 Å². The van der Waals surface area contributed by atoms with Gasteiger partial charge in [0.15, 0.2) is 0 Å². The van der Waals surface area contributed by atoms with Crippen LogP contribution in [0.4, 0.5) is 0 Å². The van der Waals surface area contributed by atoms with Crippen molar-refractivity contribution >= 4 is 44.5 Å². The third kappa shape index (κ3) is 4.93. The lowest BCUT2D eigenvalue weighted by Gasteiger charge is -2.34. The van der Waals surface area contributed by atoms with Crippen LogP contribution < -0.4 is 10.6 Å². The van der Waals surface area contributed by atoms with Crippen molar-refractivity contribution in [2.75, 3.05) is 19.7 Å². The van der Waals surface area contributed by atoms with Crippen LogP contribution in [0.2, 0.25) is 0 Å². The normalized spacial score (nSPS) is 18.1. The number of carbonyl (C=O) groups excluding carboxylic acids is 2. The molecule has 2 aromatic heterocycles. The molecule has 27 heavy (non-hydrogen) atoms. The molecule has 1 atom stereocenters. The Bertz CT molecular complexity index is 865. The summed E-state index contributed by atoms with van der Waals surface area (Å²) in [6.45, 7) is 0.853. The van der Waals surface area contributed by atoms with Gasteiger partial charge in [0.05, 0.1) is 19.7 Å². The molecule has 146 valence electrons. The Morgan fingerprint density at radius 3 is 2.59 bits per heavy atom. The summed E-state index contributed by atoms with van der Waals surface area (Å²) < 4.78 is 32.5. The van der Waals surface area contributed by atoms with Crippen molar-refractivity contribution < 1.29 is 22.7 Å². The highest BCUT2D eigenvalue weighted by molar-refractivity contribution is 7.91. The first kappa shape index (κ1) is 20.0. The summed E-state index contributed by atoms with van der Waals surface area (Å²) in [5.74, 6) is -1.60. The van der Waals surface area contributed by atoms with E-state index in [1.165, 1.54) is 21.7 Å². The predicted molar refractivity (Wildman–Crippen MR) is 102 cm³/mol. The first-order valence-electron chi connectivity index (χ1n) is 8.24. The van der Waals surface area contributed by atoms with E-state index in [0.29, 0.717) is 19.6 Å². The average Bonchev–Trinajstić information content (AvgIpc) is 3.38. The maximum absolute atomic E-state index is 12.7. The summed E-state index contributed by atoms with van der Waals surface area (Å²) >= 11 is 2.60. The van der Waals surface area contributed by atoms with Crippen molar-refractivity contribution in [3.63, 3.8) is 0 Å². The van der Waals surface area contributed by atoms with Crippen molar-refractivity contribution in [2.24, 2.45) is 0 Å². The van der Waals surface area contributed by atoms with Gasteiger partial charge in [-0.2, -0.15) is 4.31 Å². The van der Waals surface area contributed by atoms with Crippen LogP contribution in [-0.4, -0.2) is 50.5 Å². The lowest BCUT2D eigenvalue weighted by molar-refractivity contribution is -0.140. The average molecular weight is 430 g/mol. The summed E-state index contributed by atoms with van der Waals surface area (Å²) in [7, 11) is -3.70. The second-order valence-electron chi connectivity index (χ2n) is 5.70. The number of carbonyl (C=O) groups is 2. The van der Waals surface area contributed by atoms with Gasteiger partial charge in [-0.3, -0.25) is 9.59 Å². The molecule has 1 aliphatic rings. The molecule has 0 unspecified atom stereocenters. The molecule has 0 aliphatic carbocycles. The molecule has 2 aromatic rings. The summed E-state index contributed by atoms with van der Waals surface area (Å²) in [4.78, 5) is 24.8. The number of rotatable bonds is 6. The maximum atomic E-state index is 12.7. The minimum absolute atomic E-state index is 0.101. The zero-order chi connectivity index (χ0) is 19.3. The third-order valence-electron chi connectivity index (χ3n) is 3.86. The van der Waals surface area contributed by atoms with Gasteiger partial charge in [0.2, 0.25) is 0 Å². The van der Waals surface area contributed by atoms with E-state index in [-0.39, 0.29) is 17.3 Å². The standard InChI is InChI=1S/C16H19N3O5S3/c20-15(17-10-12-4-1-8-25-12)16(21)18-11-13-19(6-3-7-24-13)27(22,23)14-5-2-9-26-14/h1-2,4-5,8-9,13H,3,6-7,10-11H2,(H,17,20)(H,18,21)/t13-/m0/s1. The molecule has 2 N–H and O–H groups in total. The van der Waals surface area contributed by atoms with Crippen LogP contribution in [0.1, 0.15) is 11.3 Å². The number of nitrogens with one attached hydrogen (secondary N) is 2. The Hall–Kier alpha value is -1.79. The van der Waals surface area contributed by atoms with Gasteiger partial charge in [-0.15, -0.1) is 22.7 Å². The Kier molecular flexibility index (Phi) is 6.60. The molecule has 1 fully saturated rings. The zero-order valence-electron chi connectivity index (χ0n) is 14.3. The second-order valence-corrected chi connectivity index (χ2v) is 9.80. The highest BCUT2D eigenvalue weighted by atomic mass is 32.2. The number of sulfonamides is 1. The predicted octanol–water partition coefficient (Wildman–Crippen LogP) is 0.979. The molecule has 3 heterocycles. The maximum Gasteiger partial charge on any atom is 0.309 e. The van der Waals surface area contributed by atoms with E-state index < -0.39 is 28.1 Å². The first-order chi connectivity index (χ1) is 13.0. The molecule has 8 nitrogen and oxygen atoms in total. The fraction of sp³-hybridized carbons (Fsp3) is 0.375. The van der Waals surface area contributed by atoms with Gasteiger partial charge < -0.3 is 15.4 Å². The number of amides is 2.